The van der Waals surface area contributed by atoms with Gasteiger partial charge in [-0.15, -0.1) is 11.8 Å². The van der Waals surface area contributed by atoms with Crippen LogP contribution in [0.3, 0.4) is 0 Å². The van der Waals surface area contributed by atoms with Gasteiger partial charge in [0.15, 0.2) is 0 Å². The van der Waals surface area contributed by atoms with Crippen molar-refractivity contribution >= 4 is 17.7 Å². The molecule has 0 spiro atoms. The Balaban J connectivity index is 2.92. The molecule has 0 amide bonds. The molecule has 0 aromatic heterocycles. The fraction of sp³-hybridized carbons (Fsp3) is 0.417. The highest BCUT2D eigenvalue weighted by Gasteiger charge is 2.34. The number of hydrogen-bond acceptors (Lipinski definition) is 3. The molecule has 2 N–H and O–H groups in total. The van der Waals surface area contributed by atoms with Gasteiger partial charge >= 0.3 is 5.97 Å². The van der Waals surface area contributed by atoms with Gasteiger partial charge in [-0.05, 0) is 25.5 Å². The largest absolute Gasteiger partial charge is 0.507 e. The van der Waals surface area contributed by atoms with Gasteiger partial charge in [0, 0.05) is 0 Å². The maximum Gasteiger partial charge on any atom is 0.319 e. The molecule has 1 atom stereocenters. The molecule has 0 bridgehead atoms. The van der Waals surface area contributed by atoms with Crippen LogP contribution in [0, 0.1) is 0 Å². The number of thioether (sulfide) groups is 1. The van der Waals surface area contributed by atoms with Crippen LogP contribution in [-0.2, 0) is 4.79 Å². The molecule has 1 aromatic carbocycles. The first-order chi connectivity index (χ1) is 7.49. The van der Waals surface area contributed by atoms with Gasteiger partial charge in [-0.3, -0.25) is 4.79 Å². The van der Waals surface area contributed by atoms with Crippen LogP contribution in [0.5, 0.6) is 5.75 Å². The molecule has 0 heterocycles. The lowest BCUT2D eigenvalue weighted by molar-refractivity contribution is -0.139. The lowest BCUT2D eigenvalue weighted by Crippen LogP contribution is -2.31. The fourth-order valence-corrected chi connectivity index (χ4v) is 2.66. The Morgan fingerprint density at radius 3 is 2.56 bits per heavy atom. The lowest BCUT2D eigenvalue weighted by atomic mass is 10.1. The number of carboxylic acids is 1. The smallest absolute Gasteiger partial charge is 0.319 e. The second kappa shape index (κ2) is 5.25. The number of phenolic OH excluding ortho intramolecular Hbond substituents is 1. The topological polar surface area (TPSA) is 57.5 Å². The number of rotatable bonds is 5. The Bertz CT molecular complexity index is 378. The highest BCUT2D eigenvalue weighted by Crippen LogP contribution is 2.40. The fourth-order valence-electron chi connectivity index (χ4n) is 1.46. The molecule has 0 saturated heterocycles. The van der Waals surface area contributed by atoms with E-state index in [1.54, 1.807) is 31.2 Å². The zero-order valence-corrected chi connectivity index (χ0v) is 10.3. The molecule has 0 fully saturated rings. The second-order valence-electron chi connectivity index (χ2n) is 3.86. The van der Waals surface area contributed by atoms with Crippen LogP contribution in [0.1, 0.15) is 26.7 Å². The third-order valence-corrected chi connectivity index (χ3v) is 3.77. The first kappa shape index (κ1) is 12.9. The van der Waals surface area contributed by atoms with Crippen LogP contribution in [0.15, 0.2) is 29.2 Å². The van der Waals surface area contributed by atoms with Crippen molar-refractivity contribution in [2.75, 3.05) is 0 Å². The minimum absolute atomic E-state index is 0.135. The second-order valence-corrected chi connectivity index (χ2v) is 5.40. The van der Waals surface area contributed by atoms with E-state index in [4.69, 9.17) is 0 Å². The number of hydrogen-bond donors (Lipinski definition) is 2. The zero-order valence-electron chi connectivity index (χ0n) is 9.43. The summed E-state index contributed by atoms with van der Waals surface area (Å²) >= 11 is 1.20. The summed E-state index contributed by atoms with van der Waals surface area (Å²) in [6, 6.07) is 6.81. The first-order valence-corrected chi connectivity index (χ1v) is 6.01. The quantitative estimate of drug-likeness (QED) is 0.776. The Hall–Kier alpha value is -1.16. The maximum atomic E-state index is 11.2. The van der Waals surface area contributed by atoms with Crippen molar-refractivity contribution in [2.45, 2.75) is 36.3 Å². The van der Waals surface area contributed by atoms with E-state index in [1.807, 2.05) is 6.92 Å². The zero-order chi connectivity index (χ0) is 12.2. The van der Waals surface area contributed by atoms with Gasteiger partial charge in [0.2, 0.25) is 0 Å². The van der Waals surface area contributed by atoms with Gasteiger partial charge in [0.05, 0.1) is 4.90 Å². The Morgan fingerprint density at radius 2 is 2.06 bits per heavy atom. The van der Waals surface area contributed by atoms with Crippen LogP contribution >= 0.6 is 11.8 Å². The minimum Gasteiger partial charge on any atom is -0.507 e. The molecule has 1 aromatic rings. The number of aliphatic carboxylic acids is 1. The molecule has 88 valence electrons. The molecular weight excluding hydrogens is 224 g/mol. The van der Waals surface area contributed by atoms with Gasteiger partial charge < -0.3 is 10.2 Å². The van der Waals surface area contributed by atoms with Gasteiger partial charge in [0.1, 0.15) is 10.5 Å². The predicted molar refractivity (Wildman–Crippen MR) is 64.9 cm³/mol. The van der Waals surface area contributed by atoms with E-state index in [1.165, 1.54) is 11.8 Å². The summed E-state index contributed by atoms with van der Waals surface area (Å²) in [6.45, 7) is 3.64. The molecule has 0 aliphatic carbocycles. The summed E-state index contributed by atoms with van der Waals surface area (Å²) in [5.74, 6) is -0.710. The average molecular weight is 240 g/mol. The summed E-state index contributed by atoms with van der Waals surface area (Å²) in [5, 5.41) is 18.8. The van der Waals surface area contributed by atoms with Crippen molar-refractivity contribution in [3.8, 4) is 5.75 Å². The van der Waals surface area contributed by atoms with Crippen molar-refractivity contribution < 1.29 is 15.0 Å². The average Bonchev–Trinajstić information content (AvgIpc) is 2.21. The number of carboxylic acid groups (broad SMARTS) is 1. The van der Waals surface area contributed by atoms with E-state index in [-0.39, 0.29) is 5.75 Å². The summed E-state index contributed by atoms with van der Waals surface area (Å²) in [5.41, 5.74) is 0. The number of carbonyl (C=O) groups is 1. The highest BCUT2D eigenvalue weighted by atomic mass is 32.2. The third-order valence-electron chi connectivity index (χ3n) is 2.38. The SMILES string of the molecule is CCCC(C)(Sc1ccccc1O)C(=O)O. The predicted octanol–water partition coefficient (Wildman–Crippen LogP) is 3.13. The summed E-state index contributed by atoms with van der Waals surface area (Å²) in [4.78, 5) is 11.8. The number of para-hydroxylation sites is 1. The van der Waals surface area contributed by atoms with Gasteiger partial charge in [-0.25, -0.2) is 0 Å². The molecule has 0 aliphatic rings. The van der Waals surface area contributed by atoms with E-state index >= 15 is 0 Å². The minimum atomic E-state index is -0.881. The van der Waals surface area contributed by atoms with Crippen LogP contribution in [-0.4, -0.2) is 20.9 Å². The Kier molecular flexibility index (Phi) is 4.24. The van der Waals surface area contributed by atoms with Crippen LogP contribution in [0.25, 0.3) is 0 Å². The molecule has 0 radical (unpaired) electrons. The van der Waals surface area contributed by atoms with Crippen LogP contribution in [0.4, 0.5) is 0 Å². The van der Waals surface area contributed by atoms with Crippen molar-refractivity contribution in [2.24, 2.45) is 0 Å². The van der Waals surface area contributed by atoms with Crippen LogP contribution in [0.2, 0.25) is 0 Å². The normalized spacial score (nSPS) is 14.4. The lowest BCUT2D eigenvalue weighted by Gasteiger charge is -2.23. The molecule has 4 heteroatoms. The molecule has 16 heavy (non-hydrogen) atoms. The number of aromatic hydroxyl groups is 1. The third kappa shape index (κ3) is 2.92. The van der Waals surface area contributed by atoms with Gasteiger partial charge in [-0.1, -0.05) is 25.5 Å². The van der Waals surface area contributed by atoms with Gasteiger partial charge in [-0.2, -0.15) is 0 Å². The summed E-state index contributed by atoms with van der Waals surface area (Å²) < 4.78 is -0.881. The van der Waals surface area contributed by atoms with E-state index in [0.717, 1.165) is 6.42 Å². The van der Waals surface area contributed by atoms with E-state index in [0.29, 0.717) is 11.3 Å². The van der Waals surface area contributed by atoms with Crippen LogP contribution < -0.4 is 0 Å². The molecule has 0 saturated carbocycles. The van der Waals surface area contributed by atoms with E-state index < -0.39 is 10.7 Å². The van der Waals surface area contributed by atoms with Crippen molar-refractivity contribution in [3.63, 3.8) is 0 Å². The molecule has 1 rings (SSSR count). The van der Waals surface area contributed by atoms with E-state index in [2.05, 4.69) is 0 Å². The molecular formula is C12H16O3S. The number of phenols is 1. The Morgan fingerprint density at radius 1 is 1.44 bits per heavy atom. The van der Waals surface area contributed by atoms with Gasteiger partial charge in [0.25, 0.3) is 0 Å². The monoisotopic (exact) mass is 240 g/mol. The Labute approximate surface area is 99.5 Å². The molecule has 0 aliphatic heterocycles. The highest BCUT2D eigenvalue weighted by molar-refractivity contribution is 8.01. The molecule has 3 nitrogen and oxygen atoms in total. The van der Waals surface area contributed by atoms with Crippen molar-refractivity contribution in [3.05, 3.63) is 24.3 Å². The van der Waals surface area contributed by atoms with Crippen molar-refractivity contribution in [1.29, 1.82) is 0 Å². The van der Waals surface area contributed by atoms with Crippen molar-refractivity contribution in [1.82, 2.24) is 0 Å². The molecule has 1 unspecified atom stereocenters. The summed E-state index contributed by atoms with van der Waals surface area (Å²) in [6.07, 6.45) is 1.37. The first-order valence-electron chi connectivity index (χ1n) is 5.20. The van der Waals surface area contributed by atoms with E-state index in [9.17, 15) is 15.0 Å². The maximum absolute atomic E-state index is 11.2. The standard InChI is InChI=1S/C12H16O3S/c1-3-8-12(2,11(14)15)16-10-7-5-4-6-9(10)13/h4-7,13H,3,8H2,1-2H3,(H,14,15). The summed E-state index contributed by atoms with van der Waals surface area (Å²) in [7, 11) is 0. The number of benzene rings is 1.